The smallest absolute Gasteiger partial charge is 0.327 e. The number of unbranched alkanes of at least 4 members (excludes halogenated alkanes) is 18. The molecular weight excluding hydrogens is 712 g/mol. The lowest BCUT2D eigenvalue weighted by Gasteiger charge is -2.54. The van der Waals surface area contributed by atoms with Gasteiger partial charge in [-0.1, -0.05) is 152 Å². The maximum atomic E-state index is 12.0. The van der Waals surface area contributed by atoms with Crippen LogP contribution < -0.4 is 0 Å². The standard InChI is InChI=1S/C50H89O5P/c1-5-7-9-11-13-15-17-19-21-23-25-27-29-31-33-35-39-49(40-36-34-32-30-28-26-24-22-20-18-16-14-12-10-8-6-2)44-50(45-49)54-47-42-46(43-48(47)55-50)38-37-41-53-56(4,51)52-3/h13-16,19-22,46-48H,5-12,17-18,23-45H2,1-4H3/b15-13-,16-14-,21-19-,22-20-/t46-,47+,48-,56?. The average Bonchev–Trinajstić information content (AvgIpc) is 3.72. The molecule has 0 aromatic rings. The lowest BCUT2D eigenvalue weighted by atomic mass is 9.59. The van der Waals surface area contributed by atoms with Crippen molar-refractivity contribution in [3.63, 3.8) is 0 Å². The van der Waals surface area contributed by atoms with Crippen molar-refractivity contribution >= 4 is 7.60 Å². The molecule has 4 atom stereocenters. The van der Waals surface area contributed by atoms with Crippen LogP contribution in [0.5, 0.6) is 0 Å². The van der Waals surface area contributed by atoms with Gasteiger partial charge >= 0.3 is 7.60 Å². The van der Waals surface area contributed by atoms with Gasteiger partial charge in [0.25, 0.3) is 0 Å². The van der Waals surface area contributed by atoms with Crippen LogP contribution >= 0.6 is 7.60 Å². The Kier molecular flexibility index (Phi) is 26.6. The Hall–Kier alpha value is -0.970. The van der Waals surface area contributed by atoms with Gasteiger partial charge in [-0.05, 0) is 114 Å². The highest BCUT2D eigenvalue weighted by atomic mass is 31.2. The predicted octanol–water partition coefficient (Wildman–Crippen LogP) is 16.3. The zero-order chi connectivity index (χ0) is 40.1. The zero-order valence-electron chi connectivity index (χ0n) is 37.2. The Morgan fingerprint density at radius 2 is 0.982 bits per heavy atom. The minimum Gasteiger partial charge on any atom is -0.344 e. The summed E-state index contributed by atoms with van der Waals surface area (Å²) in [5.41, 5.74) is 0.412. The number of allylic oxidation sites excluding steroid dienone is 8. The van der Waals surface area contributed by atoms with Gasteiger partial charge in [-0.2, -0.15) is 0 Å². The summed E-state index contributed by atoms with van der Waals surface area (Å²) in [7, 11) is -1.44. The van der Waals surface area contributed by atoms with Crippen molar-refractivity contribution in [2.24, 2.45) is 11.3 Å². The van der Waals surface area contributed by atoms with Gasteiger partial charge in [0.05, 0.1) is 18.8 Å². The minimum atomic E-state index is -2.89. The Morgan fingerprint density at radius 3 is 1.41 bits per heavy atom. The normalized spacial score (nSPS) is 22.7. The van der Waals surface area contributed by atoms with Crippen LogP contribution in [0.25, 0.3) is 0 Å². The molecule has 56 heavy (non-hydrogen) atoms. The average molecular weight is 801 g/mol. The fraction of sp³-hybridized carbons (Fsp3) is 0.840. The second-order valence-electron chi connectivity index (χ2n) is 18.0. The SMILES string of the molecule is CCCCC/C=C\C/C=C\CCCCCCCCC1(CCCCCCCC/C=C\C/C=C\CCCCC)CC2(C1)O[C@H]1C[C@@H](CCCOP(C)(=O)OC)C[C@H]1O2. The van der Waals surface area contributed by atoms with E-state index in [0.29, 0.717) is 17.9 Å². The maximum Gasteiger partial charge on any atom is 0.327 e. The topological polar surface area (TPSA) is 54.0 Å². The van der Waals surface area contributed by atoms with Gasteiger partial charge in [0, 0.05) is 26.6 Å². The van der Waals surface area contributed by atoms with Crippen LogP contribution in [0.4, 0.5) is 0 Å². The molecule has 0 aromatic heterocycles. The third kappa shape index (κ3) is 21.3. The zero-order valence-corrected chi connectivity index (χ0v) is 38.1. The van der Waals surface area contributed by atoms with Crippen molar-refractivity contribution in [3.8, 4) is 0 Å². The quantitative estimate of drug-likeness (QED) is 0.0359. The summed E-state index contributed by atoms with van der Waals surface area (Å²) in [6.45, 7) is 6.57. The third-order valence-corrected chi connectivity index (χ3v) is 14.1. The Labute approximate surface area is 347 Å². The molecule has 0 bridgehead atoms. The van der Waals surface area contributed by atoms with Crippen LogP contribution in [-0.2, 0) is 23.1 Å². The molecule has 3 aliphatic rings. The van der Waals surface area contributed by atoms with Gasteiger partial charge in [-0.15, -0.1) is 0 Å². The minimum absolute atomic E-state index is 0.249. The van der Waals surface area contributed by atoms with E-state index in [-0.39, 0.29) is 18.0 Å². The number of hydrogen-bond acceptors (Lipinski definition) is 5. The molecule has 2 saturated carbocycles. The van der Waals surface area contributed by atoms with Crippen LogP contribution in [0, 0.1) is 11.3 Å². The molecule has 0 N–H and O–H groups in total. The first kappa shape index (κ1) is 49.4. The van der Waals surface area contributed by atoms with Gasteiger partial charge in [-0.25, -0.2) is 0 Å². The molecule has 3 fully saturated rings. The number of ether oxygens (including phenoxy) is 2. The molecule has 2 aliphatic carbocycles. The van der Waals surface area contributed by atoms with Crippen molar-refractivity contribution in [3.05, 3.63) is 48.6 Å². The highest BCUT2D eigenvalue weighted by Crippen LogP contribution is 2.61. The fourth-order valence-electron chi connectivity index (χ4n) is 9.49. The third-order valence-electron chi connectivity index (χ3n) is 12.8. The van der Waals surface area contributed by atoms with E-state index in [2.05, 4.69) is 62.5 Å². The number of hydrogen-bond donors (Lipinski definition) is 0. The van der Waals surface area contributed by atoms with Crippen LogP contribution in [0.1, 0.15) is 219 Å². The number of rotatable bonds is 36. The van der Waals surface area contributed by atoms with Gasteiger partial charge in [0.15, 0.2) is 5.79 Å². The van der Waals surface area contributed by atoms with E-state index in [1.807, 2.05) is 0 Å². The van der Waals surface area contributed by atoms with Crippen molar-refractivity contribution in [1.82, 2.24) is 0 Å². The molecule has 1 saturated heterocycles. The molecule has 1 spiro atoms. The van der Waals surface area contributed by atoms with Crippen molar-refractivity contribution < 1.29 is 23.1 Å². The Morgan fingerprint density at radius 1 is 0.571 bits per heavy atom. The Balaban J connectivity index is 1.30. The van der Waals surface area contributed by atoms with Crippen LogP contribution in [0.3, 0.4) is 0 Å². The van der Waals surface area contributed by atoms with Crippen LogP contribution in [0.15, 0.2) is 48.6 Å². The maximum absolute atomic E-state index is 12.0. The van der Waals surface area contributed by atoms with E-state index >= 15 is 0 Å². The summed E-state index contributed by atoms with van der Waals surface area (Å²) in [4.78, 5) is 0. The first-order chi connectivity index (χ1) is 27.3. The summed E-state index contributed by atoms with van der Waals surface area (Å²) in [5, 5.41) is 0. The van der Waals surface area contributed by atoms with Crippen molar-refractivity contribution in [2.75, 3.05) is 20.4 Å². The molecule has 1 aliphatic heterocycles. The molecule has 0 amide bonds. The molecular formula is C50H89O5P. The van der Waals surface area contributed by atoms with E-state index in [1.165, 1.54) is 161 Å². The molecule has 3 rings (SSSR count). The van der Waals surface area contributed by atoms with E-state index in [9.17, 15) is 4.57 Å². The van der Waals surface area contributed by atoms with Gasteiger partial charge in [-0.3, -0.25) is 4.57 Å². The summed E-state index contributed by atoms with van der Waals surface area (Å²) >= 11 is 0. The van der Waals surface area contributed by atoms with E-state index in [0.717, 1.165) is 51.4 Å². The van der Waals surface area contributed by atoms with Gasteiger partial charge < -0.3 is 18.5 Å². The summed E-state index contributed by atoms with van der Waals surface area (Å²) in [6, 6.07) is 0. The van der Waals surface area contributed by atoms with Crippen molar-refractivity contribution in [2.45, 2.75) is 237 Å². The van der Waals surface area contributed by atoms with E-state index in [4.69, 9.17) is 18.5 Å². The van der Waals surface area contributed by atoms with Gasteiger partial charge in [0.1, 0.15) is 0 Å². The lowest BCUT2D eigenvalue weighted by molar-refractivity contribution is -0.281. The summed E-state index contributed by atoms with van der Waals surface area (Å²) < 4.78 is 36.1. The van der Waals surface area contributed by atoms with Gasteiger partial charge in [0.2, 0.25) is 0 Å². The first-order valence-electron chi connectivity index (χ1n) is 24.1. The second-order valence-corrected chi connectivity index (χ2v) is 20.2. The number of fused-ring (bicyclic) bond motifs is 1. The second kappa shape index (κ2) is 30.1. The fourth-order valence-corrected chi connectivity index (χ4v) is 10.1. The highest BCUT2D eigenvalue weighted by molar-refractivity contribution is 7.52. The lowest BCUT2D eigenvalue weighted by Crippen LogP contribution is -2.53. The first-order valence-corrected chi connectivity index (χ1v) is 26.1. The van der Waals surface area contributed by atoms with Crippen molar-refractivity contribution in [1.29, 1.82) is 0 Å². The van der Waals surface area contributed by atoms with Crippen LogP contribution in [-0.4, -0.2) is 38.4 Å². The molecule has 0 radical (unpaired) electrons. The van der Waals surface area contributed by atoms with E-state index in [1.54, 1.807) is 6.66 Å². The molecule has 1 heterocycles. The molecule has 5 nitrogen and oxygen atoms in total. The Bertz CT molecular complexity index is 1070. The molecule has 324 valence electrons. The predicted molar refractivity (Wildman–Crippen MR) is 241 cm³/mol. The summed E-state index contributed by atoms with van der Waals surface area (Å²) in [5.74, 6) is 0.291. The highest BCUT2D eigenvalue weighted by Gasteiger charge is 2.62. The summed E-state index contributed by atoms with van der Waals surface area (Å²) in [6.07, 6.45) is 59.9. The monoisotopic (exact) mass is 801 g/mol. The van der Waals surface area contributed by atoms with E-state index < -0.39 is 7.60 Å². The molecule has 0 aromatic carbocycles. The largest absolute Gasteiger partial charge is 0.344 e. The molecule has 6 heteroatoms. The van der Waals surface area contributed by atoms with Crippen LogP contribution in [0.2, 0.25) is 0 Å². The molecule has 1 unspecified atom stereocenters.